The number of aryl methyl sites for hydroxylation is 1. The Morgan fingerprint density at radius 3 is 2.65 bits per heavy atom. The molecule has 2 N–H and O–H groups in total. The summed E-state index contributed by atoms with van der Waals surface area (Å²) < 4.78 is 0. The third kappa shape index (κ3) is 5.21. The van der Waals surface area contributed by atoms with Gasteiger partial charge in [0.2, 0.25) is 11.8 Å². The van der Waals surface area contributed by atoms with Crippen molar-refractivity contribution in [3.05, 3.63) is 34.9 Å². The highest BCUT2D eigenvalue weighted by atomic mass is 35.5. The molecule has 1 aromatic rings. The summed E-state index contributed by atoms with van der Waals surface area (Å²) in [4.78, 5) is 23.0. The molecule has 2 amide bonds. The molecule has 1 aliphatic rings. The van der Waals surface area contributed by atoms with Crippen molar-refractivity contribution in [2.75, 3.05) is 6.54 Å². The predicted molar refractivity (Wildman–Crippen MR) is 78.6 cm³/mol. The first-order chi connectivity index (χ1) is 9.65. The van der Waals surface area contributed by atoms with E-state index < -0.39 is 0 Å². The van der Waals surface area contributed by atoms with E-state index in [1.807, 2.05) is 24.3 Å². The average Bonchev–Trinajstić information content (AvgIpc) is 3.22. The normalized spacial score (nSPS) is 13.8. The van der Waals surface area contributed by atoms with E-state index in [2.05, 4.69) is 10.6 Å². The molecule has 0 unspecified atom stereocenters. The zero-order valence-corrected chi connectivity index (χ0v) is 12.1. The van der Waals surface area contributed by atoms with Crippen LogP contribution in [0.25, 0.3) is 0 Å². The van der Waals surface area contributed by atoms with Gasteiger partial charge in [-0.05, 0) is 37.3 Å². The molecule has 5 heteroatoms. The van der Waals surface area contributed by atoms with Gasteiger partial charge in [-0.1, -0.05) is 29.8 Å². The maximum absolute atomic E-state index is 11.6. The third-order valence-corrected chi connectivity index (χ3v) is 3.57. The number of hydrogen-bond donors (Lipinski definition) is 2. The quantitative estimate of drug-likeness (QED) is 0.809. The van der Waals surface area contributed by atoms with Crippen LogP contribution in [-0.4, -0.2) is 24.4 Å². The van der Waals surface area contributed by atoms with Gasteiger partial charge in [-0.3, -0.25) is 9.59 Å². The summed E-state index contributed by atoms with van der Waals surface area (Å²) in [5, 5.41) is 6.19. The summed E-state index contributed by atoms with van der Waals surface area (Å²) >= 11 is 6.04. The topological polar surface area (TPSA) is 58.2 Å². The van der Waals surface area contributed by atoms with E-state index in [0.29, 0.717) is 12.5 Å². The van der Waals surface area contributed by atoms with Crippen LogP contribution in [0.2, 0.25) is 5.02 Å². The molecular formula is C15H19ClN2O2. The molecule has 0 spiro atoms. The minimum absolute atomic E-state index is 0.0709. The summed E-state index contributed by atoms with van der Waals surface area (Å²) in [7, 11) is 0. The van der Waals surface area contributed by atoms with Crippen molar-refractivity contribution in [2.45, 2.75) is 38.1 Å². The van der Waals surface area contributed by atoms with Gasteiger partial charge in [-0.15, -0.1) is 0 Å². The lowest BCUT2D eigenvalue weighted by Crippen LogP contribution is -2.37. The molecular weight excluding hydrogens is 276 g/mol. The summed E-state index contributed by atoms with van der Waals surface area (Å²) in [6.07, 6.45) is 4.00. The number of nitrogens with one attached hydrogen (secondary N) is 2. The largest absolute Gasteiger partial charge is 0.352 e. The summed E-state index contributed by atoms with van der Waals surface area (Å²) in [5.41, 5.74) is 1.05. The van der Waals surface area contributed by atoms with Crippen molar-refractivity contribution in [3.63, 3.8) is 0 Å². The molecule has 0 saturated heterocycles. The van der Waals surface area contributed by atoms with Crippen LogP contribution in [-0.2, 0) is 16.0 Å². The van der Waals surface area contributed by atoms with Crippen LogP contribution in [0.15, 0.2) is 24.3 Å². The van der Waals surface area contributed by atoms with E-state index in [4.69, 9.17) is 11.6 Å². The smallest absolute Gasteiger partial charge is 0.239 e. The summed E-state index contributed by atoms with van der Waals surface area (Å²) in [6.45, 7) is 0.0709. The number of hydrogen-bond acceptors (Lipinski definition) is 2. The van der Waals surface area contributed by atoms with Gasteiger partial charge < -0.3 is 10.6 Å². The van der Waals surface area contributed by atoms with Crippen LogP contribution in [0.3, 0.4) is 0 Å². The second kappa shape index (κ2) is 7.29. The first-order valence-corrected chi connectivity index (χ1v) is 7.32. The molecule has 1 saturated carbocycles. The van der Waals surface area contributed by atoms with E-state index in [1.54, 1.807) is 0 Å². The lowest BCUT2D eigenvalue weighted by atomic mass is 10.1. The van der Waals surface area contributed by atoms with Gasteiger partial charge in [-0.2, -0.15) is 0 Å². The van der Waals surface area contributed by atoms with Crippen LogP contribution >= 0.6 is 11.6 Å². The Bertz CT molecular complexity index is 487. The first-order valence-electron chi connectivity index (χ1n) is 6.94. The van der Waals surface area contributed by atoms with Crippen molar-refractivity contribution in [3.8, 4) is 0 Å². The fourth-order valence-corrected chi connectivity index (χ4v) is 2.14. The molecule has 0 radical (unpaired) electrons. The number of halogens is 1. The van der Waals surface area contributed by atoms with Crippen LogP contribution in [0.1, 0.15) is 31.2 Å². The highest BCUT2D eigenvalue weighted by Gasteiger charge is 2.23. The van der Waals surface area contributed by atoms with Crippen molar-refractivity contribution >= 4 is 23.4 Å². The molecule has 0 aliphatic heterocycles. The van der Waals surface area contributed by atoms with Crippen LogP contribution in [0, 0.1) is 0 Å². The Hall–Kier alpha value is -1.55. The van der Waals surface area contributed by atoms with E-state index in [9.17, 15) is 9.59 Å². The lowest BCUT2D eigenvalue weighted by molar-refractivity contribution is -0.126. The second-order valence-corrected chi connectivity index (χ2v) is 5.47. The molecule has 1 fully saturated rings. The zero-order valence-electron chi connectivity index (χ0n) is 11.3. The lowest BCUT2D eigenvalue weighted by Gasteiger charge is -2.06. The second-order valence-electron chi connectivity index (χ2n) is 5.06. The standard InChI is InChI=1S/C15H19ClN2O2/c16-13-6-2-1-4-11(13)5-3-7-14(19)17-10-15(20)18-12-8-9-12/h1-2,4,6,12H,3,5,7-10H2,(H,17,19)(H,18,20). The maximum atomic E-state index is 11.6. The maximum Gasteiger partial charge on any atom is 0.239 e. The molecule has 1 aromatic carbocycles. The third-order valence-electron chi connectivity index (χ3n) is 3.20. The number of carbonyl (C=O) groups is 2. The summed E-state index contributed by atoms with van der Waals surface area (Å²) in [5.74, 6) is -0.199. The molecule has 4 nitrogen and oxygen atoms in total. The Morgan fingerprint density at radius 2 is 1.95 bits per heavy atom. The fraction of sp³-hybridized carbons (Fsp3) is 0.467. The molecule has 0 bridgehead atoms. The van der Waals surface area contributed by atoms with E-state index in [1.165, 1.54) is 0 Å². The molecule has 2 rings (SSSR count). The number of rotatable bonds is 7. The summed E-state index contributed by atoms with van der Waals surface area (Å²) in [6, 6.07) is 7.96. The highest BCUT2D eigenvalue weighted by Crippen LogP contribution is 2.18. The van der Waals surface area contributed by atoms with Gasteiger partial charge in [0.1, 0.15) is 0 Å². The average molecular weight is 295 g/mol. The van der Waals surface area contributed by atoms with E-state index >= 15 is 0 Å². The molecule has 0 heterocycles. The van der Waals surface area contributed by atoms with Gasteiger partial charge >= 0.3 is 0 Å². The Morgan fingerprint density at radius 1 is 1.20 bits per heavy atom. The zero-order chi connectivity index (χ0) is 14.4. The highest BCUT2D eigenvalue weighted by molar-refractivity contribution is 6.31. The van der Waals surface area contributed by atoms with Crippen LogP contribution in [0.5, 0.6) is 0 Å². The van der Waals surface area contributed by atoms with Gasteiger partial charge in [0, 0.05) is 17.5 Å². The van der Waals surface area contributed by atoms with Crippen molar-refractivity contribution in [1.29, 1.82) is 0 Å². The first kappa shape index (κ1) is 14.9. The van der Waals surface area contributed by atoms with Crippen molar-refractivity contribution in [2.24, 2.45) is 0 Å². The number of benzene rings is 1. The molecule has 0 atom stereocenters. The molecule has 1 aliphatic carbocycles. The Balaban J connectivity index is 1.60. The van der Waals surface area contributed by atoms with Crippen LogP contribution in [0.4, 0.5) is 0 Å². The molecule has 0 aromatic heterocycles. The minimum atomic E-state index is -0.105. The number of amides is 2. The van der Waals surface area contributed by atoms with Gasteiger partial charge in [0.05, 0.1) is 6.54 Å². The predicted octanol–water partition coefficient (Wildman–Crippen LogP) is 2.06. The van der Waals surface area contributed by atoms with Crippen LogP contribution < -0.4 is 10.6 Å². The van der Waals surface area contributed by atoms with Gasteiger partial charge in [0.15, 0.2) is 0 Å². The Kier molecular flexibility index (Phi) is 5.41. The minimum Gasteiger partial charge on any atom is -0.352 e. The van der Waals surface area contributed by atoms with Gasteiger partial charge in [-0.25, -0.2) is 0 Å². The molecule has 20 heavy (non-hydrogen) atoms. The van der Waals surface area contributed by atoms with E-state index in [0.717, 1.165) is 36.3 Å². The SMILES string of the molecule is O=C(CCCc1ccccc1Cl)NCC(=O)NC1CC1. The number of carbonyl (C=O) groups excluding carboxylic acids is 2. The fourth-order valence-electron chi connectivity index (χ4n) is 1.91. The van der Waals surface area contributed by atoms with Crippen molar-refractivity contribution < 1.29 is 9.59 Å². The van der Waals surface area contributed by atoms with Gasteiger partial charge in [0.25, 0.3) is 0 Å². The van der Waals surface area contributed by atoms with E-state index in [-0.39, 0.29) is 18.4 Å². The van der Waals surface area contributed by atoms with Crippen molar-refractivity contribution in [1.82, 2.24) is 10.6 Å². The monoisotopic (exact) mass is 294 g/mol. The molecule has 108 valence electrons. The Labute approximate surface area is 123 Å².